The van der Waals surface area contributed by atoms with Crippen molar-refractivity contribution < 1.29 is 9.90 Å². The topological polar surface area (TPSA) is 52.9 Å². The average molecular weight is 182 g/mol. The van der Waals surface area contributed by atoms with E-state index in [9.17, 15) is 4.79 Å². The zero-order valence-corrected chi connectivity index (χ0v) is 7.90. The van der Waals surface area contributed by atoms with E-state index in [0.29, 0.717) is 5.57 Å². The van der Waals surface area contributed by atoms with E-state index in [2.05, 4.69) is 11.7 Å². The summed E-state index contributed by atoms with van der Waals surface area (Å²) in [6, 6.07) is 0. The van der Waals surface area contributed by atoms with Gasteiger partial charge in [-0.3, -0.25) is 9.79 Å². The van der Waals surface area contributed by atoms with Crippen LogP contribution in [0.5, 0.6) is 0 Å². The molecule has 1 amide bonds. The molecule has 0 aliphatic rings. The van der Waals surface area contributed by atoms with Gasteiger partial charge in [-0.1, -0.05) is 0 Å². The lowest BCUT2D eigenvalue weighted by Crippen LogP contribution is -2.22. The fourth-order valence-corrected chi connectivity index (χ4v) is 0.716. The van der Waals surface area contributed by atoms with Crippen LogP contribution in [0.25, 0.3) is 0 Å². The maximum absolute atomic E-state index is 11.4. The molecule has 0 rings (SSSR count). The van der Waals surface area contributed by atoms with Gasteiger partial charge in [0.05, 0.1) is 6.61 Å². The van der Waals surface area contributed by atoms with Crippen LogP contribution in [-0.4, -0.2) is 43.3 Å². The third-order valence-electron chi connectivity index (χ3n) is 1.32. The van der Waals surface area contributed by atoms with Gasteiger partial charge in [0.15, 0.2) is 0 Å². The van der Waals surface area contributed by atoms with Crippen LogP contribution < -0.4 is 0 Å². The van der Waals surface area contributed by atoms with E-state index >= 15 is 0 Å². The van der Waals surface area contributed by atoms with Gasteiger partial charge in [0.2, 0.25) is 0 Å². The molecule has 4 nitrogen and oxygen atoms in total. The van der Waals surface area contributed by atoms with Gasteiger partial charge in [0.1, 0.15) is 0 Å². The van der Waals surface area contributed by atoms with Gasteiger partial charge < -0.3 is 10.0 Å². The first-order valence-corrected chi connectivity index (χ1v) is 3.78. The van der Waals surface area contributed by atoms with E-state index in [1.54, 1.807) is 14.1 Å². The van der Waals surface area contributed by atoms with Crippen molar-refractivity contribution in [3.05, 3.63) is 23.9 Å². The number of hydrogen-bond acceptors (Lipinski definition) is 3. The Labute approximate surface area is 77.9 Å². The van der Waals surface area contributed by atoms with Crippen molar-refractivity contribution >= 4 is 12.6 Å². The molecule has 13 heavy (non-hydrogen) atoms. The number of hydrogen-bond donors (Lipinski definition) is 1. The lowest BCUT2D eigenvalue weighted by molar-refractivity contribution is -0.124. The van der Waals surface area contributed by atoms with E-state index in [-0.39, 0.29) is 12.5 Å². The zero-order valence-electron chi connectivity index (χ0n) is 7.90. The number of amides is 1. The monoisotopic (exact) mass is 182 g/mol. The Morgan fingerprint density at radius 1 is 1.62 bits per heavy atom. The molecule has 0 aromatic heterocycles. The van der Waals surface area contributed by atoms with E-state index < -0.39 is 0 Å². The summed E-state index contributed by atoms with van der Waals surface area (Å²) in [5.41, 5.74) is 0.403. The maximum atomic E-state index is 11.4. The van der Waals surface area contributed by atoms with Crippen molar-refractivity contribution in [1.29, 1.82) is 0 Å². The molecule has 0 aromatic carbocycles. The third-order valence-corrected chi connectivity index (χ3v) is 1.32. The second-order valence-corrected chi connectivity index (χ2v) is 2.54. The lowest BCUT2D eigenvalue weighted by Gasteiger charge is -2.10. The standard InChI is InChI=1S/C9H14N2O2/c1-10-6-4-8(5-7-12)9(13)11(2)3/h4-6,12H,1,7H2,2-3H3/b6-4-,8-5+. The molecule has 0 spiro atoms. The predicted octanol–water partition coefficient (Wildman–Crippen LogP) is 0.208. The molecule has 0 saturated heterocycles. The largest absolute Gasteiger partial charge is 0.392 e. The van der Waals surface area contributed by atoms with Crippen molar-refractivity contribution in [1.82, 2.24) is 4.90 Å². The van der Waals surface area contributed by atoms with Crippen LogP contribution in [0.2, 0.25) is 0 Å². The van der Waals surface area contributed by atoms with Crippen LogP contribution in [0.15, 0.2) is 28.9 Å². The molecular weight excluding hydrogens is 168 g/mol. The molecule has 0 radical (unpaired) electrons. The molecule has 0 unspecified atom stereocenters. The van der Waals surface area contributed by atoms with Crippen molar-refractivity contribution in [2.75, 3.05) is 20.7 Å². The van der Waals surface area contributed by atoms with Crippen LogP contribution in [0.4, 0.5) is 0 Å². The Kier molecular flexibility index (Phi) is 5.47. The molecule has 0 heterocycles. The van der Waals surface area contributed by atoms with Crippen LogP contribution in [0, 0.1) is 0 Å². The number of rotatable bonds is 4. The van der Waals surface area contributed by atoms with Crippen LogP contribution in [-0.2, 0) is 4.79 Å². The predicted molar refractivity (Wildman–Crippen MR) is 52.6 cm³/mol. The highest BCUT2D eigenvalue weighted by molar-refractivity contribution is 5.95. The number of carbonyl (C=O) groups is 1. The van der Waals surface area contributed by atoms with Gasteiger partial charge in [-0.2, -0.15) is 0 Å². The van der Waals surface area contributed by atoms with Crippen LogP contribution in [0.3, 0.4) is 0 Å². The molecule has 0 saturated carbocycles. The van der Waals surface area contributed by atoms with E-state index in [4.69, 9.17) is 5.11 Å². The minimum atomic E-state index is -0.172. The molecule has 0 aromatic rings. The van der Waals surface area contributed by atoms with Gasteiger partial charge in [0, 0.05) is 25.9 Å². The van der Waals surface area contributed by atoms with E-state index in [0.717, 1.165) is 0 Å². The Morgan fingerprint density at radius 3 is 2.62 bits per heavy atom. The third kappa shape index (κ3) is 4.22. The normalized spacial score (nSPS) is 11.8. The zero-order chi connectivity index (χ0) is 10.3. The molecule has 0 fully saturated rings. The molecule has 0 aliphatic heterocycles. The maximum Gasteiger partial charge on any atom is 0.253 e. The number of aliphatic hydroxyl groups is 1. The summed E-state index contributed by atoms with van der Waals surface area (Å²) >= 11 is 0. The summed E-state index contributed by atoms with van der Waals surface area (Å²) < 4.78 is 0. The minimum Gasteiger partial charge on any atom is -0.392 e. The fraction of sp³-hybridized carbons (Fsp3) is 0.333. The molecule has 1 N–H and O–H groups in total. The van der Waals surface area contributed by atoms with Crippen LogP contribution in [0.1, 0.15) is 0 Å². The average Bonchev–Trinajstić information content (AvgIpc) is 2.11. The summed E-state index contributed by atoms with van der Waals surface area (Å²) in [6.07, 6.45) is 4.33. The summed E-state index contributed by atoms with van der Waals surface area (Å²) in [5.74, 6) is -0.172. The number of carbonyl (C=O) groups excluding carboxylic acids is 1. The molecule has 72 valence electrons. The molecule has 4 heteroatoms. The number of likely N-dealkylation sites (N-methyl/N-ethyl adjacent to an activating group) is 1. The summed E-state index contributed by atoms with van der Waals surface area (Å²) in [5, 5.41) is 8.64. The highest BCUT2D eigenvalue weighted by atomic mass is 16.2. The number of aliphatic hydroxyl groups excluding tert-OH is 1. The Balaban J connectivity index is 4.61. The van der Waals surface area contributed by atoms with Crippen molar-refractivity contribution in [2.24, 2.45) is 4.99 Å². The minimum absolute atomic E-state index is 0.170. The first-order chi connectivity index (χ1) is 6.13. The lowest BCUT2D eigenvalue weighted by atomic mass is 10.2. The smallest absolute Gasteiger partial charge is 0.253 e. The first-order valence-electron chi connectivity index (χ1n) is 3.78. The summed E-state index contributed by atoms with van der Waals surface area (Å²) in [4.78, 5) is 16.3. The second kappa shape index (κ2) is 6.14. The van der Waals surface area contributed by atoms with Crippen molar-refractivity contribution in [3.8, 4) is 0 Å². The van der Waals surface area contributed by atoms with Crippen molar-refractivity contribution in [3.63, 3.8) is 0 Å². The number of nitrogens with zero attached hydrogens (tertiary/aromatic N) is 2. The van der Waals surface area contributed by atoms with E-state index in [1.807, 2.05) is 0 Å². The fourth-order valence-electron chi connectivity index (χ4n) is 0.716. The van der Waals surface area contributed by atoms with Gasteiger partial charge in [-0.05, 0) is 18.9 Å². The highest BCUT2D eigenvalue weighted by Crippen LogP contribution is 2.00. The highest BCUT2D eigenvalue weighted by Gasteiger charge is 2.07. The Bertz CT molecular complexity index is 242. The first kappa shape index (κ1) is 11.6. The summed E-state index contributed by atoms with van der Waals surface area (Å²) in [6.45, 7) is 3.08. The van der Waals surface area contributed by atoms with Gasteiger partial charge >= 0.3 is 0 Å². The SMILES string of the molecule is C=N/C=C\C(=C/CO)C(=O)N(C)C. The second-order valence-electron chi connectivity index (χ2n) is 2.54. The van der Waals surface area contributed by atoms with Gasteiger partial charge in [-0.15, -0.1) is 0 Å². The van der Waals surface area contributed by atoms with Crippen molar-refractivity contribution in [2.45, 2.75) is 0 Å². The Morgan fingerprint density at radius 2 is 2.23 bits per heavy atom. The molecule has 0 bridgehead atoms. The Hall–Kier alpha value is -1.42. The summed E-state index contributed by atoms with van der Waals surface area (Å²) in [7, 11) is 3.28. The van der Waals surface area contributed by atoms with E-state index in [1.165, 1.54) is 23.3 Å². The quantitative estimate of drug-likeness (QED) is 0.384. The van der Waals surface area contributed by atoms with Gasteiger partial charge in [0.25, 0.3) is 5.91 Å². The molecule has 0 atom stereocenters. The number of aliphatic imine (C=N–C) groups is 1. The van der Waals surface area contributed by atoms with Crippen LogP contribution >= 0.6 is 0 Å². The van der Waals surface area contributed by atoms with Gasteiger partial charge in [-0.25, -0.2) is 0 Å². The molecular formula is C9H14N2O2. The molecule has 0 aliphatic carbocycles.